The molecule has 1 aliphatic carbocycles. The standard InChI is InChI=1S/C29H31BrClNO5/c1-5-36-24-13-19(10-21(30)28(24)34)26-25(29(35)37-14-15(2)3)16(4)32-22-11-18(12-23(33)27(22)26)17-6-8-20(31)9-7-17/h6-10,13,15,18,26,32,34H,5,11-12,14H2,1-4H3/t18-,26-/m0/s1. The summed E-state index contributed by atoms with van der Waals surface area (Å²) in [5, 5.41) is 14.5. The van der Waals surface area contributed by atoms with Crippen LogP contribution < -0.4 is 10.1 Å². The fraction of sp³-hybridized carbons (Fsp3) is 0.379. The number of ketones is 1. The second-order valence-corrected chi connectivity index (χ2v) is 11.1. The van der Waals surface area contributed by atoms with Gasteiger partial charge in [-0.15, -0.1) is 0 Å². The SMILES string of the molecule is CCOc1cc([C@H]2C(C(=O)OCC(C)C)=C(C)NC3=C2C(=O)C[C@@H](c2ccc(Cl)cc2)C3)cc(Br)c1O. The monoisotopic (exact) mass is 587 g/mol. The van der Waals surface area contributed by atoms with Crippen molar-refractivity contribution < 1.29 is 24.2 Å². The fourth-order valence-electron chi connectivity index (χ4n) is 4.96. The Labute approximate surface area is 230 Å². The van der Waals surface area contributed by atoms with Crippen molar-refractivity contribution in [3.8, 4) is 11.5 Å². The van der Waals surface area contributed by atoms with Gasteiger partial charge in [0, 0.05) is 34.3 Å². The summed E-state index contributed by atoms with van der Waals surface area (Å²) in [7, 11) is 0. The van der Waals surface area contributed by atoms with E-state index in [1.165, 1.54) is 0 Å². The van der Waals surface area contributed by atoms with Crippen molar-refractivity contribution in [2.75, 3.05) is 13.2 Å². The molecule has 0 aromatic heterocycles. The van der Waals surface area contributed by atoms with Gasteiger partial charge in [0.1, 0.15) is 0 Å². The minimum Gasteiger partial charge on any atom is -0.503 e. The van der Waals surface area contributed by atoms with Gasteiger partial charge in [-0.1, -0.05) is 37.6 Å². The van der Waals surface area contributed by atoms with Crippen molar-refractivity contribution >= 4 is 39.3 Å². The van der Waals surface area contributed by atoms with Gasteiger partial charge in [-0.2, -0.15) is 0 Å². The number of carbonyl (C=O) groups is 2. The number of allylic oxidation sites excluding steroid dienone is 3. The first-order valence-corrected chi connectivity index (χ1v) is 13.6. The third-order valence-corrected chi connectivity index (χ3v) is 7.48. The molecule has 8 heteroatoms. The lowest BCUT2D eigenvalue weighted by Gasteiger charge is -2.37. The lowest BCUT2D eigenvalue weighted by molar-refractivity contribution is -0.140. The Bertz CT molecular complexity index is 1280. The van der Waals surface area contributed by atoms with Gasteiger partial charge in [-0.25, -0.2) is 4.79 Å². The molecule has 2 atom stereocenters. The molecule has 0 amide bonds. The number of esters is 1. The average molecular weight is 589 g/mol. The first kappa shape index (κ1) is 27.3. The summed E-state index contributed by atoms with van der Waals surface area (Å²) in [6.07, 6.45) is 0.923. The van der Waals surface area contributed by atoms with Gasteiger partial charge in [0.15, 0.2) is 17.3 Å². The highest BCUT2D eigenvalue weighted by atomic mass is 79.9. The number of Topliss-reactive ketones (excluding diaryl/α,β-unsaturated/α-hetero) is 1. The molecule has 0 spiro atoms. The van der Waals surface area contributed by atoms with Crippen LogP contribution in [-0.2, 0) is 14.3 Å². The van der Waals surface area contributed by atoms with Crippen LogP contribution in [0.4, 0.5) is 0 Å². The maximum Gasteiger partial charge on any atom is 0.336 e. The van der Waals surface area contributed by atoms with Gasteiger partial charge in [0.2, 0.25) is 0 Å². The molecule has 0 saturated heterocycles. The molecule has 2 aromatic carbocycles. The molecule has 1 aliphatic heterocycles. The predicted octanol–water partition coefficient (Wildman–Crippen LogP) is 6.77. The molecule has 4 rings (SSSR count). The molecular formula is C29H31BrClNO5. The Morgan fingerprint density at radius 3 is 2.54 bits per heavy atom. The van der Waals surface area contributed by atoms with E-state index >= 15 is 0 Å². The number of nitrogens with one attached hydrogen (secondary N) is 1. The van der Waals surface area contributed by atoms with E-state index in [0.29, 0.717) is 51.4 Å². The Balaban J connectivity index is 1.82. The second-order valence-electron chi connectivity index (χ2n) is 9.84. The number of dihydropyridines is 1. The summed E-state index contributed by atoms with van der Waals surface area (Å²) in [6, 6.07) is 11.0. The lowest BCUT2D eigenvalue weighted by Crippen LogP contribution is -2.36. The van der Waals surface area contributed by atoms with Gasteiger partial charge in [0.25, 0.3) is 0 Å². The normalized spacial score (nSPS) is 19.6. The van der Waals surface area contributed by atoms with Gasteiger partial charge in [0.05, 0.1) is 23.3 Å². The zero-order chi connectivity index (χ0) is 26.9. The minimum atomic E-state index is -0.661. The number of phenolic OH excluding ortho intramolecular Hbond substituents is 1. The second kappa shape index (κ2) is 11.3. The Morgan fingerprint density at radius 2 is 1.89 bits per heavy atom. The van der Waals surface area contributed by atoms with E-state index in [4.69, 9.17) is 21.1 Å². The number of aromatic hydroxyl groups is 1. The van der Waals surface area contributed by atoms with Crippen molar-refractivity contribution in [1.82, 2.24) is 5.32 Å². The fourth-order valence-corrected chi connectivity index (χ4v) is 5.55. The van der Waals surface area contributed by atoms with Crippen molar-refractivity contribution in [2.24, 2.45) is 5.92 Å². The molecule has 0 fully saturated rings. The third kappa shape index (κ3) is 5.73. The summed E-state index contributed by atoms with van der Waals surface area (Å²) in [5.41, 5.74) is 4.07. The average Bonchev–Trinajstić information content (AvgIpc) is 2.84. The predicted molar refractivity (Wildman–Crippen MR) is 147 cm³/mol. The maximum absolute atomic E-state index is 13.8. The molecule has 0 bridgehead atoms. The van der Waals surface area contributed by atoms with Crippen molar-refractivity contribution in [1.29, 1.82) is 0 Å². The van der Waals surface area contributed by atoms with Crippen LogP contribution in [0.15, 0.2) is 63.4 Å². The van der Waals surface area contributed by atoms with E-state index in [1.807, 2.05) is 52.0 Å². The highest BCUT2D eigenvalue weighted by Gasteiger charge is 2.42. The third-order valence-electron chi connectivity index (χ3n) is 6.62. The number of halogens is 2. The van der Waals surface area contributed by atoms with Crippen LogP contribution in [0.3, 0.4) is 0 Å². The molecule has 2 aliphatic rings. The first-order valence-electron chi connectivity index (χ1n) is 12.4. The van der Waals surface area contributed by atoms with E-state index in [1.54, 1.807) is 12.1 Å². The molecule has 2 aromatic rings. The summed E-state index contributed by atoms with van der Waals surface area (Å²) in [6.45, 7) is 8.22. The lowest BCUT2D eigenvalue weighted by atomic mass is 9.71. The highest BCUT2D eigenvalue weighted by molar-refractivity contribution is 9.10. The van der Waals surface area contributed by atoms with Crippen LogP contribution in [0.5, 0.6) is 11.5 Å². The summed E-state index contributed by atoms with van der Waals surface area (Å²) in [5.74, 6) is -0.764. The number of rotatable bonds is 7. The molecule has 0 unspecified atom stereocenters. The number of phenols is 1. The van der Waals surface area contributed by atoms with Crippen molar-refractivity contribution in [3.63, 3.8) is 0 Å². The number of hydrogen-bond donors (Lipinski definition) is 2. The number of ether oxygens (including phenoxy) is 2. The van der Waals surface area contributed by atoms with Crippen LogP contribution in [0.2, 0.25) is 5.02 Å². The Morgan fingerprint density at radius 1 is 1.19 bits per heavy atom. The molecule has 6 nitrogen and oxygen atoms in total. The zero-order valence-electron chi connectivity index (χ0n) is 21.4. The van der Waals surface area contributed by atoms with Crippen LogP contribution in [0.25, 0.3) is 0 Å². The largest absolute Gasteiger partial charge is 0.503 e. The van der Waals surface area contributed by atoms with E-state index in [2.05, 4.69) is 21.2 Å². The maximum atomic E-state index is 13.8. The first-order chi connectivity index (χ1) is 17.6. The number of hydrogen-bond acceptors (Lipinski definition) is 6. The smallest absolute Gasteiger partial charge is 0.336 e. The van der Waals surface area contributed by atoms with Crippen LogP contribution in [-0.4, -0.2) is 30.1 Å². The van der Waals surface area contributed by atoms with E-state index in [0.717, 1.165) is 11.3 Å². The van der Waals surface area contributed by atoms with Gasteiger partial charge in [-0.05, 0) is 83.4 Å². The van der Waals surface area contributed by atoms with Gasteiger partial charge >= 0.3 is 5.97 Å². The number of carbonyl (C=O) groups excluding carboxylic acids is 2. The van der Waals surface area contributed by atoms with Crippen LogP contribution in [0.1, 0.15) is 63.5 Å². The molecule has 196 valence electrons. The van der Waals surface area contributed by atoms with Crippen LogP contribution >= 0.6 is 27.5 Å². The quantitative estimate of drug-likeness (QED) is 0.347. The molecular weight excluding hydrogens is 558 g/mol. The highest BCUT2D eigenvalue weighted by Crippen LogP contribution is 2.48. The topological polar surface area (TPSA) is 84.9 Å². The Hall–Kier alpha value is -2.77. The van der Waals surface area contributed by atoms with E-state index in [9.17, 15) is 14.7 Å². The molecule has 1 heterocycles. The van der Waals surface area contributed by atoms with Gasteiger partial charge in [-0.3, -0.25) is 4.79 Å². The van der Waals surface area contributed by atoms with Crippen molar-refractivity contribution in [3.05, 3.63) is 79.6 Å². The van der Waals surface area contributed by atoms with E-state index < -0.39 is 11.9 Å². The zero-order valence-corrected chi connectivity index (χ0v) is 23.7. The van der Waals surface area contributed by atoms with Gasteiger partial charge < -0.3 is 19.9 Å². The van der Waals surface area contributed by atoms with Crippen molar-refractivity contribution in [2.45, 2.75) is 52.4 Å². The molecule has 37 heavy (non-hydrogen) atoms. The minimum absolute atomic E-state index is 0.00977. The molecule has 0 radical (unpaired) electrons. The Kier molecular flexibility index (Phi) is 8.34. The molecule has 2 N–H and O–H groups in total. The van der Waals surface area contributed by atoms with Crippen LogP contribution in [0, 0.1) is 5.92 Å². The molecule has 0 saturated carbocycles. The summed E-state index contributed by atoms with van der Waals surface area (Å²) in [4.78, 5) is 27.2. The summed E-state index contributed by atoms with van der Waals surface area (Å²) >= 11 is 9.49. The summed E-state index contributed by atoms with van der Waals surface area (Å²) < 4.78 is 11.7. The number of benzene rings is 2. The van der Waals surface area contributed by atoms with E-state index in [-0.39, 0.29) is 35.7 Å².